The van der Waals surface area contributed by atoms with Crippen LogP contribution in [0, 0.1) is 0 Å². The van der Waals surface area contributed by atoms with Gasteiger partial charge in [0.2, 0.25) is 0 Å². The van der Waals surface area contributed by atoms with E-state index in [1.807, 2.05) is 5.38 Å². The van der Waals surface area contributed by atoms with Crippen molar-refractivity contribution < 1.29 is 8.42 Å². The zero-order valence-electron chi connectivity index (χ0n) is 12.4. The van der Waals surface area contributed by atoms with Crippen molar-refractivity contribution >= 4 is 21.5 Å². The zero-order valence-corrected chi connectivity index (χ0v) is 14.0. The van der Waals surface area contributed by atoms with Crippen molar-refractivity contribution in [3.63, 3.8) is 0 Å². The molecule has 2 heterocycles. The number of thiazole rings is 1. The molecule has 0 radical (unpaired) electrons. The van der Waals surface area contributed by atoms with Crippen molar-refractivity contribution in [2.24, 2.45) is 0 Å². The highest BCUT2D eigenvalue weighted by molar-refractivity contribution is 7.87. The Morgan fingerprint density at radius 2 is 2.33 bits per heavy atom. The summed E-state index contributed by atoms with van der Waals surface area (Å²) in [5, 5.41) is 5.19. The van der Waals surface area contributed by atoms with Crippen molar-refractivity contribution in [1.29, 1.82) is 0 Å². The molecule has 0 spiro atoms. The third-order valence-corrected chi connectivity index (χ3v) is 5.85. The van der Waals surface area contributed by atoms with E-state index in [1.54, 1.807) is 9.82 Å². The summed E-state index contributed by atoms with van der Waals surface area (Å²) in [4.78, 5) is 4.10. The zero-order chi connectivity index (χ0) is 15.1. The second-order valence-electron chi connectivity index (χ2n) is 5.27. The fraction of sp³-hybridized carbons (Fsp3) is 0.769. The van der Waals surface area contributed by atoms with Gasteiger partial charge < -0.3 is 5.32 Å². The number of aromatic nitrogens is 1. The van der Waals surface area contributed by atoms with E-state index in [0.29, 0.717) is 6.54 Å². The highest BCUT2D eigenvalue weighted by Gasteiger charge is 2.31. The molecule has 0 aliphatic carbocycles. The first kappa shape index (κ1) is 16.8. The van der Waals surface area contributed by atoms with Gasteiger partial charge in [-0.15, -0.1) is 11.3 Å². The molecule has 0 saturated carbocycles. The number of piperidine rings is 1. The van der Waals surface area contributed by atoms with Crippen molar-refractivity contribution in [2.45, 2.75) is 45.2 Å². The Hall–Kier alpha value is -0.540. The van der Waals surface area contributed by atoms with Crippen LogP contribution in [0.4, 0.5) is 0 Å². The number of rotatable bonds is 8. The van der Waals surface area contributed by atoms with Gasteiger partial charge in [0.05, 0.1) is 17.7 Å². The predicted octanol–water partition coefficient (Wildman–Crippen LogP) is 1.33. The summed E-state index contributed by atoms with van der Waals surface area (Å²) < 4.78 is 29.3. The molecule has 1 aromatic heterocycles. The van der Waals surface area contributed by atoms with Crippen LogP contribution in [0.1, 0.15) is 38.3 Å². The number of nitrogens with zero attached hydrogens (tertiary/aromatic N) is 2. The molecule has 1 aliphatic heterocycles. The number of nitrogens with one attached hydrogen (secondary N) is 2. The smallest absolute Gasteiger partial charge is 0.280 e. The van der Waals surface area contributed by atoms with Crippen LogP contribution < -0.4 is 10.0 Å². The Balaban J connectivity index is 1.94. The molecular weight excluding hydrogens is 308 g/mol. The van der Waals surface area contributed by atoms with Crippen LogP contribution in [0.2, 0.25) is 0 Å². The quantitative estimate of drug-likeness (QED) is 0.704. The van der Waals surface area contributed by atoms with Gasteiger partial charge >= 0.3 is 0 Å². The summed E-state index contributed by atoms with van der Waals surface area (Å²) in [6, 6.07) is 0.0539. The average molecular weight is 332 g/mol. The van der Waals surface area contributed by atoms with Crippen LogP contribution in [0.15, 0.2) is 10.9 Å². The van der Waals surface area contributed by atoms with Crippen LogP contribution in [-0.4, -0.2) is 43.4 Å². The van der Waals surface area contributed by atoms with E-state index in [9.17, 15) is 8.42 Å². The molecule has 1 aromatic rings. The lowest BCUT2D eigenvalue weighted by molar-refractivity contribution is 0.243. The molecule has 6 nitrogen and oxygen atoms in total. The van der Waals surface area contributed by atoms with Gasteiger partial charge in [0.1, 0.15) is 0 Å². The lowest BCUT2D eigenvalue weighted by atomic mass is 10.1. The highest BCUT2D eigenvalue weighted by atomic mass is 32.2. The van der Waals surface area contributed by atoms with Gasteiger partial charge in [0.15, 0.2) is 0 Å². The maximum atomic E-state index is 12.5. The Morgan fingerprint density at radius 1 is 1.48 bits per heavy atom. The third-order valence-electron chi connectivity index (χ3n) is 3.61. The maximum absolute atomic E-state index is 12.5. The summed E-state index contributed by atoms with van der Waals surface area (Å²) in [5.74, 6) is 0. The second kappa shape index (κ2) is 8.19. The highest BCUT2D eigenvalue weighted by Crippen LogP contribution is 2.19. The molecule has 1 unspecified atom stereocenters. The van der Waals surface area contributed by atoms with Crippen molar-refractivity contribution in [3.8, 4) is 0 Å². The second-order valence-corrected chi connectivity index (χ2v) is 7.70. The van der Waals surface area contributed by atoms with Gasteiger partial charge in [0.25, 0.3) is 10.2 Å². The van der Waals surface area contributed by atoms with E-state index in [2.05, 4.69) is 21.9 Å². The summed E-state index contributed by atoms with van der Waals surface area (Å²) in [6.45, 7) is 4.63. The normalized spacial score (nSPS) is 20.7. The maximum Gasteiger partial charge on any atom is 0.280 e. The molecule has 21 heavy (non-hydrogen) atoms. The van der Waals surface area contributed by atoms with Crippen LogP contribution in [-0.2, 0) is 16.8 Å². The largest absolute Gasteiger partial charge is 0.315 e. The van der Waals surface area contributed by atoms with Gasteiger partial charge in [-0.25, -0.2) is 4.98 Å². The minimum Gasteiger partial charge on any atom is -0.315 e. The average Bonchev–Trinajstić information content (AvgIpc) is 2.99. The molecule has 1 fully saturated rings. The van der Waals surface area contributed by atoms with E-state index < -0.39 is 10.2 Å². The molecule has 8 heteroatoms. The van der Waals surface area contributed by atoms with Crippen molar-refractivity contribution in [3.05, 3.63) is 16.6 Å². The SMILES string of the molecule is CCCNCC1CCCCN1S(=O)(=O)NCc1cscn1. The van der Waals surface area contributed by atoms with E-state index >= 15 is 0 Å². The van der Waals surface area contributed by atoms with Crippen LogP contribution in [0.5, 0.6) is 0 Å². The molecule has 2 rings (SSSR count). The Labute approximate surface area is 131 Å². The lowest BCUT2D eigenvalue weighted by Gasteiger charge is -2.34. The van der Waals surface area contributed by atoms with Crippen molar-refractivity contribution in [2.75, 3.05) is 19.6 Å². The summed E-state index contributed by atoms with van der Waals surface area (Å²) in [6.07, 6.45) is 4.01. The first-order chi connectivity index (χ1) is 10.1. The van der Waals surface area contributed by atoms with Crippen LogP contribution in [0.25, 0.3) is 0 Å². The van der Waals surface area contributed by atoms with Gasteiger partial charge in [-0.05, 0) is 25.8 Å². The minimum atomic E-state index is -3.44. The number of hydrogen-bond donors (Lipinski definition) is 2. The Morgan fingerprint density at radius 3 is 3.05 bits per heavy atom. The first-order valence-corrected chi connectivity index (χ1v) is 9.86. The molecule has 0 bridgehead atoms. The minimum absolute atomic E-state index is 0.0539. The first-order valence-electron chi connectivity index (χ1n) is 7.47. The standard InChI is InChI=1S/C13H24N4O2S2/c1-2-6-14-9-13-5-3-4-7-17(13)21(18,19)16-8-12-10-20-11-15-12/h10-11,13-14,16H,2-9H2,1H3. The molecular formula is C13H24N4O2S2. The van der Waals surface area contributed by atoms with E-state index in [0.717, 1.165) is 44.5 Å². The van der Waals surface area contributed by atoms with E-state index in [1.165, 1.54) is 11.3 Å². The van der Waals surface area contributed by atoms with Crippen LogP contribution in [0.3, 0.4) is 0 Å². The van der Waals surface area contributed by atoms with Crippen LogP contribution >= 0.6 is 11.3 Å². The van der Waals surface area contributed by atoms with Gasteiger partial charge in [-0.2, -0.15) is 17.4 Å². The molecule has 0 aromatic carbocycles. The summed E-state index contributed by atoms with van der Waals surface area (Å²) in [5.41, 5.74) is 2.48. The monoisotopic (exact) mass is 332 g/mol. The summed E-state index contributed by atoms with van der Waals surface area (Å²) in [7, 11) is -3.44. The molecule has 1 saturated heterocycles. The third kappa shape index (κ3) is 5.00. The van der Waals surface area contributed by atoms with Gasteiger partial charge in [-0.3, -0.25) is 0 Å². The molecule has 1 atom stereocenters. The molecule has 2 N–H and O–H groups in total. The van der Waals surface area contributed by atoms with Gasteiger partial charge in [-0.1, -0.05) is 13.3 Å². The predicted molar refractivity (Wildman–Crippen MR) is 85.4 cm³/mol. The lowest BCUT2D eigenvalue weighted by Crippen LogP contribution is -2.52. The van der Waals surface area contributed by atoms with Crippen molar-refractivity contribution in [1.82, 2.24) is 19.3 Å². The summed E-state index contributed by atoms with van der Waals surface area (Å²) >= 11 is 1.47. The van der Waals surface area contributed by atoms with E-state index in [-0.39, 0.29) is 12.6 Å². The molecule has 120 valence electrons. The number of hydrogen-bond acceptors (Lipinski definition) is 5. The topological polar surface area (TPSA) is 74.3 Å². The fourth-order valence-electron chi connectivity index (χ4n) is 2.51. The Bertz CT molecular complexity index is 504. The molecule has 1 aliphatic rings. The Kier molecular flexibility index (Phi) is 6.56. The van der Waals surface area contributed by atoms with E-state index in [4.69, 9.17) is 0 Å². The van der Waals surface area contributed by atoms with Gasteiger partial charge in [0, 0.05) is 24.5 Å². The fourth-order valence-corrected chi connectivity index (χ4v) is 4.51. The molecule has 0 amide bonds.